The third-order valence-corrected chi connectivity index (χ3v) is 4.68. The second-order valence-electron chi connectivity index (χ2n) is 3.84. The van der Waals surface area contributed by atoms with E-state index in [-0.39, 0.29) is 5.91 Å². The number of pyridine rings is 1. The van der Waals surface area contributed by atoms with Crippen molar-refractivity contribution in [1.82, 2.24) is 4.98 Å². The highest BCUT2D eigenvalue weighted by Crippen LogP contribution is 2.32. The number of anilines is 1. The highest BCUT2D eigenvalue weighted by atomic mass is 79.9. The lowest BCUT2D eigenvalue weighted by atomic mass is 10.2. The molecule has 8 heteroatoms. The summed E-state index contributed by atoms with van der Waals surface area (Å²) in [6.45, 7) is 0. The minimum Gasteiger partial charge on any atom is -0.478 e. The molecule has 21 heavy (non-hydrogen) atoms. The molecule has 0 saturated carbocycles. The van der Waals surface area contributed by atoms with Crippen molar-refractivity contribution >= 4 is 67.0 Å². The summed E-state index contributed by atoms with van der Waals surface area (Å²) in [5.41, 5.74) is 1.13. The molecule has 0 radical (unpaired) electrons. The smallest absolute Gasteiger partial charge is 0.328 e. The van der Waals surface area contributed by atoms with E-state index in [2.05, 4.69) is 42.2 Å². The van der Waals surface area contributed by atoms with E-state index >= 15 is 0 Å². The fourth-order valence-electron chi connectivity index (χ4n) is 1.47. The number of carboxylic acid groups (broad SMARTS) is 1. The second kappa shape index (κ2) is 6.97. The van der Waals surface area contributed by atoms with Crippen LogP contribution in [0, 0.1) is 0 Å². The Morgan fingerprint density at radius 3 is 2.71 bits per heavy atom. The Hall–Kier alpha value is -1.51. The second-order valence-corrected chi connectivity index (χ2v) is 7.59. The number of carbonyl (C=O) groups excluding carboxylic acids is 1. The van der Waals surface area contributed by atoms with E-state index in [1.54, 1.807) is 18.2 Å². The van der Waals surface area contributed by atoms with Gasteiger partial charge in [0.1, 0.15) is 5.82 Å². The van der Waals surface area contributed by atoms with Gasteiger partial charge in [-0.2, -0.15) is 0 Å². The zero-order valence-electron chi connectivity index (χ0n) is 10.3. The van der Waals surface area contributed by atoms with E-state index in [1.807, 2.05) is 0 Å². The van der Waals surface area contributed by atoms with E-state index in [0.717, 1.165) is 9.86 Å². The Morgan fingerprint density at radius 1 is 1.33 bits per heavy atom. The lowest BCUT2D eigenvalue weighted by molar-refractivity contribution is -0.131. The van der Waals surface area contributed by atoms with Crippen LogP contribution < -0.4 is 5.32 Å². The van der Waals surface area contributed by atoms with Crippen molar-refractivity contribution in [2.24, 2.45) is 0 Å². The number of aliphatic carboxylic acids is 1. The van der Waals surface area contributed by atoms with E-state index in [4.69, 9.17) is 5.11 Å². The molecule has 0 atom stereocenters. The molecule has 0 bridgehead atoms. The first-order valence-electron chi connectivity index (χ1n) is 5.59. The number of rotatable bonds is 4. The molecule has 0 aliphatic rings. The lowest BCUT2D eigenvalue weighted by Gasteiger charge is -2.04. The van der Waals surface area contributed by atoms with Crippen LogP contribution in [0.15, 0.2) is 38.0 Å². The number of carbonyl (C=O) groups is 2. The van der Waals surface area contributed by atoms with Crippen molar-refractivity contribution in [3.8, 4) is 0 Å². The summed E-state index contributed by atoms with van der Waals surface area (Å²) in [4.78, 5) is 26.6. The number of nitrogens with zero attached hydrogens (tertiary/aromatic N) is 1. The number of amides is 1. The molecule has 2 aromatic rings. The Kier molecular flexibility index (Phi) is 5.27. The van der Waals surface area contributed by atoms with Crippen LogP contribution >= 0.6 is 43.2 Å². The molecule has 0 fully saturated rings. The van der Waals surface area contributed by atoms with Crippen LogP contribution in [-0.4, -0.2) is 22.0 Å². The number of aromatic nitrogens is 1. The molecule has 0 aliphatic carbocycles. The zero-order valence-corrected chi connectivity index (χ0v) is 14.3. The fraction of sp³-hybridized carbons (Fsp3) is 0. The van der Waals surface area contributed by atoms with Gasteiger partial charge in [0, 0.05) is 12.3 Å². The molecule has 0 spiro atoms. The number of carboxylic acids is 1. The van der Waals surface area contributed by atoms with Crippen LogP contribution in [0.1, 0.15) is 15.9 Å². The van der Waals surface area contributed by atoms with Crippen LogP contribution in [0.3, 0.4) is 0 Å². The highest BCUT2D eigenvalue weighted by Gasteiger charge is 2.14. The fourth-order valence-corrected chi connectivity index (χ4v) is 4.26. The number of hydrogen-bond donors (Lipinski definition) is 2. The summed E-state index contributed by atoms with van der Waals surface area (Å²) >= 11 is 8.03. The van der Waals surface area contributed by atoms with Gasteiger partial charge in [-0.3, -0.25) is 4.79 Å². The maximum atomic E-state index is 12.1. The average molecular weight is 432 g/mol. The van der Waals surface area contributed by atoms with E-state index in [0.29, 0.717) is 20.7 Å². The molecule has 0 aliphatic heterocycles. The predicted octanol–water partition coefficient (Wildman–Crippen LogP) is 4.02. The Balaban J connectivity index is 2.16. The first-order chi connectivity index (χ1) is 9.95. The Morgan fingerprint density at radius 2 is 2.10 bits per heavy atom. The van der Waals surface area contributed by atoms with E-state index in [1.165, 1.54) is 23.6 Å². The molecule has 0 aromatic carbocycles. The molecule has 108 valence electrons. The maximum Gasteiger partial charge on any atom is 0.328 e. The maximum absolute atomic E-state index is 12.1. The van der Waals surface area contributed by atoms with Crippen molar-refractivity contribution in [3.63, 3.8) is 0 Å². The van der Waals surface area contributed by atoms with Crippen LogP contribution in [0.25, 0.3) is 6.08 Å². The van der Waals surface area contributed by atoms with Gasteiger partial charge in [0.15, 0.2) is 0 Å². The summed E-state index contributed by atoms with van der Waals surface area (Å²) in [5, 5.41) is 11.3. The third kappa shape index (κ3) is 4.48. The van der Waals surface area contributed by atoms with E-state index < -0.39 is 5.97 Å². The molecule has 2 heterocycles. The van der Waals surface area contributed by atoms with Crippen LogP contribution in [0.2, 0.25) is 0 Å². The highest BCUT2D eigenvalue weighted by molar-refractivity contribution is 9.12. The normalized spacial score (nSPS) is 10.8. The van der Waals surface area contributed by atoms with Crippen LogP contribution in [-0.2, 0) is 4.79 Å². The first kappa shape index (κ1) is 15.9. The van der Waals surface area contributed by atoms with Gasteiger partial charge in [-0.1, -0.05) is 0 Å². The van der Waals surface area contributed by atoms with Crippen molar-refractivity contribution in [2.75, 3.05) is 5.32 Å². The summed E-state index contributed by atoms with van der Waals surface area (Å²) in [6.07, 6.45) is 3.94. The van der Waals surface area contributed by atoms with Crippen LogP contribution in [0.4, 0.5) is 5.82 Å². The van der Waals surface area contributed by atoms with Gasteiger partial charge in [0.25, 0.3) is 5.91 Å². The van der Waals surface area contributed by atoms with Gasteiger partial charge in [0.2, 0.25) is 0 Å². The lowest BCUT2D eigenvalue weighted by Crippen LogP contribution is -2.12. The van der Waals surface area contributed by atoms with E-state index in [9.17, 15) is 9.59 Å². The van der Waals surface area contributed by atoms with Crippen molar-refractivity contribution < 1.29 is 14.7 Å². The van der Waals surface area contributed by atoms with Crippen molar-refractivity contribution in [3.05, 3.63) is 49.2 Å². The van der Waals surface area contributed by atoms with Crippen molar-refractivity contribution in [2.45, 2.75) is 0 Å². The zero-order chi connectivity index (χ0) is 15.4. The molecule has 5 nitrogen and oxygen atoms in total. The average Bonchev–Trinajstić information content (AvgIpc) is 2.76. The molecular formula is C13H8Br2N2O3S. The SMILES string of the molecule is O=C(O)/C=C/c1ccnc(NC(=O)c2cc(Br)sc2Br)c1. The predicted molar refractivity (Wildman–Crippen MR) is 88.6 cm³/mol. The molecule has 2 rings (SSSR count). The minimum absolute atomic E-state index is 0.296. The first-order valence-corrected chi connectivity index (χ1v) is 7.99. The molecule has 2 aromatic heterocycles. The number of thiophene rings is 1. The van der Waals surface area contributed by atoms with Crippen LogP contribution in [0.5, 0.6) is 0 Å². The van der Waals surface area contributed by atoms with Crippen molar-refractivity contribution in [1.29, 1.82) is 0 Å². The summed E-state index contributed by atoms with van der Waals surface area (Å²) < 4.78 is 1.56. The van der Waals surface area contributed by atoms with Gasteiger partial charge in [-0.25, -0.2) is 9.78 Å². The molecular weight excluding hydrogens is 424 g/mol. The Labute approximate surface area is 141 Å². The molecule has 1 amide bonds. The molecule has 2 N–H and O–H groups in total. The summed E-state index contributed by atoms with van der Waals surface area (Å²) in [6, 6.07) is 4.94. The quantitative estimate of drug-likeness (QED) is 0.716. The Bertz CT molecular complexity index is 728. The molecule has 0 unspecified atom stereocenters. The van der Waals surface area contributed by atoms with Gasteiger partial charge >= 0.3 is 5.97 Å². The summed E-state index contributed by atoms with van der Waals surface area (Å²) in [5.74, 6) is -0.984. The van der Waals surface area contributed by atoms with Gasteiger partial charge in [-0.05, 0) is 61.7 Å². The van der Waals surface area contributed by atoms with Gasteiger partial charge in [0.05, 0.1) is 13.1 Å². The standard InChI is InChI=1S/C13H8Br2N2O3S/c14-9-6-8(12(15)21-9)13(20)17-10-5-7(3-4-16-10)1-2-11(18)19/h1-6H,(H,18,19)(H,16,17,20)/b2-1+. The topological polar surface area (TPSA) is 79.3 Å². The van der Waals surface area contributed by atoms with Gasteiger partial charge < -0.3 is 10.4 Å². The van der Waals surface area contributed by atoms with Gasteiger partial charge in [-0.15, -0.1) is 11.3 Å². The minimum atomic E-state index is -1.04. The number of nitrogens with one attached hydrogen (secondary N) is 1. The molecule has 0 saturated heterocycles. The summed E-state index contributed by atoms with van der Waals surface area (Å²) in [7, 11) is 0. The number of hydrogen-bond acceptors (Lipinski definition) is 4. The third-order valence-electron chi connectivity index (χ3n) is 2.35. The largest absolute Gasteiger partial charge is 0.478 e. The number of halogens is 2. The monoisotopic (exact) mass is 430 g/mol.